The van der Waals surface area contributed by atoms with Gasteiger partial charge in [-0.15, -0.1) is 0 Å². The number of hydrogen-bond acceptors (Lipinski definition) is 3. The predicted octanol–water partition coefficient (Wildman–Crippen LogP) is 2.91. The van der Waals surface area contributed by atoms with Gasteiger partial charge in [-0.1, -0.05) is 11.6 Å². The summed E-state index contributed by atoms with van der Waals surface area (Å²) in [6, 6.07) is 7.43. The van der Waals surface area contributed by atoms with E-state index in [-0.39, 0.29) is 0 Å². The summed E-state index contributed by atoms with van der Waals surface area (Å²) in [6.07, 6.45) is 3.33. The summed E-state index contributed by atoms with van der Waals surface area (Å²) in [4.78, 5) is 4.29. The molecule has 0 saturated heterocycles. The number of aromatic nitrogens is 2. The van der Waals surface area contributed by atoms with E-state index in [1.165, 1.54) is 0 Å². The minimum atomic E-state index is 0.475. The van der Waals surface area contributed by atoms with Crippen molar-refractivity contribution in [2.75, 3.05) is 5.73 Å². The Bertz CT molecular complexity index is 658. The van der Waals surface area contributed by atoms with Crippen LogP contribution in [-0.2, 0) is 6.54 Å². The third kappa shape index (κ3) is 1.76. The molecule has 0 aliphatic carbocycles. The number of rotatable bonds is 2. The molecule has 0 bridgehead atoms. The van der Waals surface area contributed by atoms with Gasteiger partial charge >= 0.3 is 0 Å². The van der Waals surface area contributed by atoms with Gasteiger partial charge in [0.2, 0.25) is 5.95 Å². The van der Waals surface area contributed by atoms with Crippen LogP contribution in [0.25, 0.3) is 11.0 Å². The van der Waals surface area contributed by atoms with Gasteiger partial charge < -0.3 is 14.7 Å². The van der Waals surface area contributed by atoms with Gasteiger partial charge in [-0.3, -0.25) is 0 Å². The van der Waals surface area contributed by atoms with E-state index in [2.05, 4.69) is 4.98 Å². The lowest BCUT2D eigenvalue weighted by molar-refractivity contribution is 0.562. The Morgan fingerprint density at radius 2 is 2.24 bits per heavy atom. The van der Waals surface area contributed by atoms with Gasteiger partial charge in [0.1, 0.15) is 0 Å². The minimum Gasteiger partial charge on any atom is -0.472 e. The molecule has 0 radical (unpaired) electrons. The molecular formula is C12H10ClN3O. The van der Waals surface area contributed by atoms with Crippen LogP contribution in [0.2, 0.25) is 5.02 Å². The summed E-state index contributed by atoms with van der Waals surface area (Å²) in [5.74, 6) is 0.475. The summed E-state index contributed by atoms with van der Waals surface area (Å²) in [7, 11) is 0. The number of nitrogens with two attached hydrogens (primary N) is 1. The van der Waals surface area contributed by atoms with Crippen molar-refractivity contribution in [1.82, 2.24) is 9.55 Å². The van der Waals surface area contributed by atoms with E-state index in [1.54, 1.807) is 18.6 Å². The molecule has 86 valence electrons. The zero-order valence-electron chi connectivity index (χ0n) is 8.93. The highest BCUT2D eigenvalue weighted by molar-refractivity contribution is 6.31. The zero-order chi connectivity index (χ0) is 11.8. The minimum absolute atomic E-state index is 0.475. The normalized spacial score (nSPS) is 11.1. The molecular weight excluding hydrogens is 238 g/mol. The lowest BCUT2D eigenvalue weighted by atomic mass is 10.3. The second kappa shape index (κ2) is 3.82. The summed E-state index contributed by atoms with van der Waals surface area (Å²) in [5, 5.41) is 0.672. The Balaban J connectivity index is 2.14. The highest BCUT2D eigenvalue weighted by atomic mass is 35.5. The molecule has 0 spiro atoms. The van der Waals surface area contributed by atoms with E-state index >= 15 is 0 Å². The van der Waals surface area contributed by atoms with Crippen molar-refractivity contribution in [1.29, 1.82) is 0 Å². The van der Waals surface area contributed by atoms with E-state index in [9.17, 15) is 0 Å². The average molecular weight is 248 g/mol. The Morgan fingerprint density at radius 1 is 1.35 bits per heavy atom. The SMILES string of the molecule is Nc1nc2ccc(Cl)cc2n1Cc1ccoc1. The molecule has 0 unspecified atom stereocenters. The standard InChI is InChI=1S/C12H10ClN3O/c13-9-1-2-10-11(5-9)16(12(14)15-10)6-8-3-4-17-7-8/h1-5,7H,6H2,(H2,14,15). The fourth-order valence-corrected chi connectivity index (χ4v) is 2.01. The van der Waals surface area contributed by atoms with E-state index < -0.39 is 0 Å². The van der Waals surface area contributed by atoms with Gasteiger partial charge in [-0.2, -0.15) is 0 Å². The molecule has 1 aromatic carbocycles. The molecule has 2 N–H and O–H groups in total. The fourth-order valence-electron chi connectivity index (χ4n) is 1.85. The smallest absolute Gasteiger partial charge is 0.201 e. The second-order valence-corrected chi connectivity index (χ2v) is 4.26. The topological polar surface area (TPSA) is 57.0 Å². The molecule has 17 heavy (non-hydrogen) atoms. The van der Waals surface area contributed by atoms with Gasteiger partial charge in [0.25, 0.3) is 0 Å². The van der Waals surface area contributed by atoms with Crippen molar-refractivity contribution >= 4 is 28.6 Å². The Labute approximate surface area is 103 Å². The number of imidazole rings is 1. The van der Waals surface area contributed by atoms with Crippen molar-refractivity contribution in [3.8, 4) is 0 Å². The number of hydrogen-bond donors (Lipinski definition) is 1. The number of halogens is 1. The third-order valence-corrected chi connectivity index (χ3v) is 2.90. The average Bonchev–Trinajstić information content (AvgIpc) is 2.90. The predicted molar refractivity (Wildman–Crippen MR) is 67.0 cm³/mol. The monoisotopic (exact) mass is 247 g/mol. The van der Waals surface area contributed by atoms with Crippen LogP contribution in [0.5, 0.6) is 0 Å². The van der Waals surface area contributed by atoms with E-state index in [0.717, 1.165) is 16.6 Å². The maximum Gasteiger partial charge on any atom is 0.201 e. The summed E-state index contributed by atoms with van der Waals surface area (Å²) in [6.45, 7) is 0.624. The summed E-state index contributed by atoms with van der Waals surface area (Å²) < 4.78 is 6.95. The van der Waals surface area contributed by atoms with Crippen LogP contribution in [0.4, 0.5) is 5.95 Å². The highest BCUT2D eigenvalue weighted by Gasteiger charge is 2.09. The van der Waals surface area contributed by atoms with Gasteiger partial charge in [-0.05, 0) is 24.3 Å². The number of furan rings is 1. The van der Waals surface area contributed by atoms with E-state index in [0.29, 0.717) is 17.5 Å². The number of fused-ring (bicyclic) bond motifs is 1. The Morgan fingerprint density at radius 3 is 3.00 bits per heavy atom. The van der Waals surface area contributed by atoms with Crippen LogP contribution >= 0.6 is 11.6 Å². The van der Waals surface area contributed by atoms with E-state index in [4.69, 9.17) is 21.8 Å². The molecule has 3 rings (SSSR count). The number of nitrogen functional groups attached to an aromatic ring is 1. The molecule has 4 nitrogen and oxygen atoms in total. The summed E-state index contributed by atoms with van der Waals surface area (Å²) in [5.41, 5.74) is 8.71. The van der Waals surface area contributed by atoms with Crippen molar-refractivity contribution < 1.29 is 4.42 Å². The molecule has 2 heterocycles. The largest absolute Gasteiger partial charge is 0.472 e. The van der Waals surface area contributed by atoms with Crippen LogP contribution in [0.3, 0.4) is 0 Å². The van der Waals surface area contributed by atoms with E-state index in [1.807, 2.05) is 22.8 Å². The third-order valence-electron chi connectivity index (χ3n) is 2.66. The van der Waals surface area contributed by atoms with Gasteiger partial charge in [0.15, 0.2) is 0 Å². The Hall–Kier alpha value is -1.94. The lowest BCUT2D eigenvalue weighted by Crippen LogP contribution is -2.03. The molecule has 0 aliphatic rings. The molecule has 5 heteroatoms. The first-order chi connectivity index (χ1) is 8.24. The maximum absolute atomic E-state index is 5.98. The molecule has 0 saturated carbocycles. The van der Waals surface area contributed by atoms with Gasteiger partial charge in [0.05, 0.1) is 30.1 Å². The lowest BCUT2D eigenvalue weighted by Gasteiger charge is -2.04. The van der Waals surface area contributed by atoms with Crippen molar-refractivity contribution in [2.24, 2.45) is 0 Å². The van der Waals surface area contributed by atoms with Crippen molar-refractivity contribution in [3.05, 3.63) is 47.4 Å². The number of benzene rings is 1. The quantitative estimate of drug-likeness (QED) is 0.758. The molecule has 0 aliphatic heterocycles. The first-order valence-corrected chi connectivity index (χ1v) is 5.54. The molecule has 0 atom stereocenters. The van der Waals surface area contributed by atoms with Gasteiger partial charge in [0, 0.05) is 10.6 Å². The van der Waals surface area contributed by atoms with Crippen LogP contribution in [0.1, 0.15) is 5.56 Å². The zero-order valence-corrected chi connectivity index (χ0v) is 9.69. The molecule has 0 amide bonds. The van der Waals surface area contributed by atoms with Crippen molar-refractivity contribution in [2.45, 2.75) is 6.54 Å². The van der Waals surface area contributed by atoms with Crippen molar-refractivity contribution in [3.63, 3.8) is 0 Å². The first-order valence-electron chi connectivity index (χ1n) is 5.16. The summed E-state index contributed by atoms with van der Waals surface area (Å²) >= 11 is 5.98. The Kier molecular flexibility index (Phi) is 2.30. The highest BCUT2D eigenvalue weighted by Crippen LogP contribution is 2.22. The van der Waals surface area contributed by atoms with Crippen LogP contribution in [0, 0.1) is 0 Å². The van der Waals surface area contributed by atoms with Crippen LogP contribution in [-0.4, -0.2) is 9.55 Å². The fraction of sp³-hybridized carbons (Fsp3) is 0.0833. The second-order valence-electron chi connectivity index (χ2n) is 3.82. The van der Waals surface area contributed by atoms with Crippen LogP contribution in [0.15, 0.2) is 41.2 Å². The van der Waals surface area contributed by atoms with Gasteiger partial charge in [-0.25, -0.2) is 4.98 Å². The maximum atomic E-state index is 5.98. The number of nitrogens with zero attached hydrogens (tertiary/aromatic N) is 2. The molecule has 0 fully saturated rings. The first kappa shape index (κ1) is 10.2. The molecule has 3 aromatic rings. The number of anilines is 1. The molecule has 2 aromatic heterocycles. The van der Waals surface area contributed by atoms with Crippen LogP contribution < -0.4 is 5.73 Å².